The third kappa shape index (κ3) is 5.49. The largest absolute Gasteiger partial charge is 0.504 e. The fourth-order valence-corrected chi connectivity index (χ4v) is 4.21. The van der Waals surface area contributed by atoms with Gasteiger partial charge in [0, 0.05) is 18.0 Å². The maximum absolute atomic E-state index is 13.7. The number of phenols is 1. The number of benzene rings is 1. The van der Waals surface area contributed by atoms with Crippen molar-refractivity contribution in [1.29, 1.82) is 0 Å². The maximum Gasteiger partial charge on any atom is 0.427 e. The van der Waals surface area contributed by atoms with E-state index in [1.807, 2.05) is 33.8 Å². The maximum atomic E-state index is 13.7. The summed E-state index contributed by atoms with van der Waals surface area (Å²) in [6.07, 6.45) is 4.59. The third-order valence-corrected chi connectivity index (χ3v) is 6.31. The first kappa shape index (κ1) is 22.7. The second-order valence-corrected chi connectivity index (χ2v) is 8.43. The highest BCUT2D eigenvalue weighted by Crippen LogP contribution is 2.57. The van der Waals surface area contributed by atoms with Crippen LogP contribution in [-0.2, 0) is 9.19 Å². The molecule has 0 aliphatic heterocycles. The van der Waals surface area contributed by atoms with E-state index >= 15 is 0 Å². The molecule has 8 nitrogen and oxygen atoms in total. The van der Waals surface area contributed by atoms with Gasteiger partial charge in [0.1, 0.15) is 5.75 Å². The normalized spacial score (nSPS) is 13.7. The van der Waals surface area contributed by atoms with Gasteiger partial charge in [-0.15, -0.1) is 0 Å². The Morgan fingerprint density at radius 3 is 2.55 bits per heavy atom. The van der Waals surface area contributed by atoms with Gasteiger partial charge in [-0.25, -0.2) is 20.0 Å². The Hall–Kier alpha value is -2.57. The predicted octanol–water partition coefficient (Wildman–Crippen LogP) is 5.44. The lowest BCUT2D eigenvalue weighted by atomic mass is 10.2. The lowest BCUT2D eigenvalue weighted by molar-refractivity contribution is 0.319. The molecule has 0 bridgehead atoms. The average molecular weight is 421 g/mol. The van der Waals surface area contributed by atoms with Crippen molar-refractivity contribution in [2.45, 2.75) is 47.5 Å². The molecule has 2 rings (SSSR count). The molecule has 158 valence electrons. The zero-order valence-corrected chi connectivity index (χ0v) is 18.5. The van der Waals surface area contributed by atoms with Crippen LogP contribution in [0.4, 0.5) is 5.95 Å². The summed E-state index contributed by atoms with van der Waals surface area (Å²) in [5.41, 5.74) is 4.80. The second-order valence-electron chi connectivity index (χ2n) is 6.49. The van der Waals surface area contributed by atoms with Gasteiger partial charge < -0.3 is 14.4 Å². The van der Waals surface area contributed by atoms with Crippen LogP contribution in [0.25, 0.3) is 0 Å². The molecule has 29 heavy (non-hydrogen) atoms. The van der Waals surface area contributed by atoms with Crippen molar-refractivity contribution in [3.05, 3.63) is 46.5 Å². The number of ether oxygens (including phenoxy) is 1. The number of nitrogens with one attached hydrogen (secondary N) is 1. The second kappa shape index (κ2) is 9.76. The summed E-state index contributed by atoms with van der Waals surface area (Å²) in [7, 11) is -2.36. The summed E-state index contributed by atoms with van der Waals surface area (Å²) < 4.78 is 30.2. The Morgan fingerprint density at radius 1 is 1.24 bits per heavy atom. The highest BCUT2D eigenvalue weighted by Gasteiger charge is 2.32. The van der Waals surface area contributed by atoms with Crippen molar-refractivity contribution in [2.24, 2.45) is 0 Å². The molecular weight excluding hydrogens is 393 g/mol. The third-order valence-electron chi connectivity index (χ3n) is 4.32. The predicted molar refractivity (Wildman–Crippen MR) is 113 cm³/mol. The van der Waals surface area contributed by atoms with Crippen LogP contribution in [0.3, 0.4) is 0 Å². The first-order valence-corrected chi connectivity index (χ1v) is 10.9. The fourth-order valence-electron chi connectivity index (χ4n) is 2.56. The van der Waals surface area contributed by atoms with Gasteiger partial charge in [0.05, 0.1) is 12.4 Å². The van der Waals surface area contributed by atoms with Crippen LogP contribution < -0.4 is 14.7 Å². The molecule has 0 saturated carbocycles. The number of anilines is 1. The minimum absolute atomic E-state index is 0.00271. The van der Waals surface area contributed by atoms with Crippen molar-refractivity contribution < 1.29 is 23.6 Å². The van der Waals surface area contributed by atoms with Gasteiger partial charge in [0.25, 0.3) is 0 Å². The van der Waals surface area contributed by atoms with E-state index in [0.717, 1.165) is 11.3 Å². The van der Waals surface area contributed by atoms with Gasteiger partial charge in [-0.1, -0.05) is 19.9 Å². The summed E-state index contributed by atoms with van der Waals surface area (Å²) in [5.74, 6) is 0.647. The van der Waals surface area contributed by atoms with E-state index < -0.39 is 7.60 Å². The average Bonchev–Trinajstić information content (AvgIpc) is 2.69. The van der Waals surface area contributed by atoms with E-state index in [2.05, 4.69) is 15.4 Å². The van der Waals surface area contributed by atoms with Gasteiger partial charge in [0.15, 0.2) is 11.5 Å². The molecule has 2 aromatic rings. The van der Waals surface area contributed by atoms with Gasteiger partial charge in [0.2, 0.25) is 5.95 Å². The highest BCUT2D eigenvalue weighted by atomic mass is 31.2. The van der Waals surface area contributed by atoms with Crippen molar-refractivity contribution in [3.63, 3.8) is 0 Å². The molecule has 0 radical (unpaired) electrons. The van der Waals surface area contributed by atoms with Crippen LogP contribution in [0.1, 0.15) is 43.5 Å². The smallest absolute Gasteiger partial charge is 0.427 e. The number of hydrogen-bond donors (Lipinski definition) is 2. The number of hydrogen-bond acceptors (Lipinski definition) is 8. The minimum atomic E-state index is -3.79. The fraction of sp³-hybridized carbons (Fsp3) is 0.400. The zero-order chi connectivity index (χ0) is 21.6. The summed E-state index contributed by atoms with van der Waals surface area (Å²) in [6, 6.07) is 3.03. The van der Waals surface area contributed by atoms with E-state index in [-0.39, 0.29) is 23.2 Å². The number of nitrogens with zero attached hydrogens (tertiary/aromatic N) is 2. The van der Waals surface area contributed by atoms with Crippen LogP contribution in [0.5, 0.6) is 17.2 Å². The molecule has 1 aromatic carbocycles. The van der Waals surface area contributed by atoms with Crippen LogP contribution >= 0.6 is 7.60 Å². The van der Waals surface area contributed by atoms with Crippen LogP contribution in [0.2, 0.25) is 0 Å². The first-order valence-electron chi connectivity index (χ1n) is 9.35. The summed E-state index contributed by atoms with van der Waals surface area (Å²) in [6.45, 7) is 9.25. The molecule has 1 atom stereocenters. The molecule has 1 heterocycles. The van der Waals surface area contributed by atoms with Crippen LogP contribution in [-0.4, -0.2) is 22.2 Å². The Morgan fingerprint density at radius 2 is 1.97 bits per heavy atom. The molecule has 2 N–H and O–H groups in total. The monoisotopic (exact) mass is 421 g/mol. The molecule has 0 amide bonds. The van der Waals surface area contributed by atoms with Gasteiger partial charge in [-0.05, 0) is 50.8 Å². The number of rotatable bonds is 9. The SMILES string of the molecule is CC/C=C(/CC)P(=O)(ONc1ncc(C)c(C)n1)Oc1cc(C)c(O)c(OC)c1. The molecule has 9 heteroatoms. The molecule has 1 unspecified atom stereocenters. The minimum Gasteiger partial charge on any atom is -0.504 e. The summed E-state index contributed by atoms with van der Waals surface area (Å²) in [5, 5.41) is 10.6. The Balaban J connectivity index is 2.38. The first-order chi connectivity index (χ1) is 13.7. The number of allylic oxidation sites excluding steroid dienone is 2. The Bertz CT molecular complexity index is 946. The standard InChI is InChI=1S/C20H28N3O5P/c1-7-9-17(8-2)29(25,28-23-20-21-12-14(4)15(5)22-20)27-16-10-13(3)19(24)18(11-16)26-6/h9-12,24H,7-8H2,1-6H3,(H,21,22,23)/b17-9-. The Kier molecular flexibility index (Phi) is 7.65. The van der Waals surface area contributed by atoms with Gasteiger partial charge in [-0.3, -0.25) is 0 Å². The van der Waals surface area contributed by atoms with Crippen molar-refractivity contribution in [1.82, 2.24) is 9.97 Å². The molecule has 0 aliphatic carbocycles. The van der Waals surface area contributed by atoms with Gasteiger partial charge in [-0.2, -0.15) is 4.62 Å². The molecule has 0 fully saturated rings. The number of aryl methyl sites for hydroxylation is 3. The number of phenolic OH excluding ortho intramolecular Hbond substituents is 1. The topological polar surface area (TPSA) is 103 Å². The summed E-state index contributed by atoms with van der Waals surface area (Å²) in [4.78, 5) is 8.41. The number of methoxy groups -OCH3 is 1. The molecule has 0 spiro atoms. The van der Waals surface area contributed by atoms with Crippen molar-refractivity contribution >= 4 is 13.5 Å². The number of aromatic hydroxyl groups is 1. The van der Waals surface area contributed by atoms with Crippen molar-refractivity contribution in [3.8, 4) is 17.2 Å². The molecule has 0 saturated heterocycles. The molecule has 0 aliphatic rings. The van der Waals surface area contributed by atoms with Gasteiger partial charge >= 0.3 is 7.60 Å². The zero-order valence-electron chi connectivity index (χ0n) is 17.6. The van der Waals surface area contributed by atoms with E-state index in [0.29, 0.717) is 23.7 Å². The van der Waals surface area contributed by atoms with E-state index in [4.69, 9.17) is 13.9 Å². The number of aromatic nitrogens is 2. The lowest BCUT2D eigenvalue weighted by Gasteiger charge is -2.22. The lowest BCUT2D eigenvalue weighted by Crippen LogP contribution is -2.09. The highest BCUT2D eigenvalue weighted by molar-refractivity contribution is 7.58. The molecule has 1 aromatic heterocycles. The Labute approximate surface area is 171 Å². The quantitative estimate of drug-likeness (QED) is 0.408. The van der Waals surface area contributed by atoms with Crippen LogP contribution in [0.15, 0.2) is 29.7 Å². The van der Waals surface area contributed by atoms with Crippen molar-refractivity contribution in [2.75, 3.05) is 12.6 Å². The van der Waals surface area contributed by atoms with Crippen LogP contribution in [0, 0.1) is 20.8 Å². The molecular formula is C20H28N3O5P. The summed E-state index contributed by atoms with van der Waals surface area (Å²) >= 11 is 0. The van der Waals surface area contributed by atoms with E-state index in [1.54, 1.807) is 19.2 Å². The van der Waals surface area contributed by atoms with E-state index in [1.165, 1.54) is 13.2 Å². The van der Waals surface area contributed by atoms with E-state index in [9.17, 15) is 9.67 Å².